The number of rotatable bonds is 8. The van der Waals surface area contributed by atoms with E-state index in [1.54, 1.807) is 11.6 Å². The molecule has 3 rings (SSSR count). The van der Waals surface area contributed by atoms with E-state index in [0.717, 1.165) is 27.9 Å². The van der Waals surface area contributed by atoms with Crippen LogP contribution in [0.2, 0.25) is 0 Å². The highest BCUT2D eigenvalue weighted by molar-refractivity contribution is 7.99. The summed E-state index contributed by atoms with van der Waals surface area (Å²) in [7, 11) is 1.76. The molecule has 0 aliphatic carbocycles. The summed E-state index contributed by atoms with van der Waals surface area (Å²) in [6.45, 7) is 5.69. The third-order valence-electron chi connectivity index (χ3n) is 5.12. The predicted molar refractivity (Wildman–Crippen MR) is 124 cm³/mol. The third kappa shape index (κ3) is 5.54. The number of hydrogen-bond donors (Lipinski definition) is 3. The first kappa shape index (κ1) is 23.5. The van der Waals surface area contributed by atoms with Crippen LogP contribution in [0.3, 0.4) is 0 Å². The summed E-state index contributed by atoms with van der Waals surface area (Å²) in [5.74, 6) is 0.301. The number of thioether (sulfide) groups is 1. The van der Waals surface area contributed by atoms with Crippen LogP contribution in [-0.4, -0.2) is 37.4 Å². The van der Waals surface area contributed by atoms with Crippen molar-refractivity contribution in [2.45, 2.75) is 38.6 Å². The van der Waals surface area contributed by atoms with E-state index in [2.05, 4.69) is 20.8 Å². The number of anilines is 1. The van der Waals surface area contributed by atoms with Crippen molar-refractivity contribution in [2.75, 3.05) is 11.1 Å². The van der Waals surface area contributed by atoms with Gasteiger partial charge >= 0.3 is 0 Å². The summed E-state index contributed by atoms with van der Waals surface area (Å²) in [5.41, 5.74) is 4.34. The molecule has 168 valence electrons. The molecule has 0 aliphatic heterocycles. The van der Waals surface area contributed by atoms with E-state index < -0.39 is 6.10 Å². The predicted octanol–water partition coefficient (Wildman–Crippen LogP) is 2.88. The van der Waals surface area contributed by atoms with Crippen LogP contribution in [0.25, 0.3) is 0 Å². The number of hydrogen-bond acceptors (Lipinski definition) is 6. The van der Waals surface area contributed by atoms with Gasteiger partial charge in [0.15, 0.2) is 11.0 Å². The van der Waals surface area contributed by atoms with Crippen molar-refractivity contribution in [1.82, 2.24) is 20.1 Å². The van der Waals surface area contributed by atoms with Crippen molar-refractivity contribution in [3.63, 3.8) is 0 Å². The van der Waals surface area contributed by atoms with E-state index in [4.69, 9.17) is 0 Å². The second-order valence-corrected chi connectivity index (χ2v) is 8.44. The first-order valence-electron chi connectivity index (χ1n) is 10.2. The molecule has 2 aromatic carbocycles. The Hall–Kier alpha value is -3.17. The van der Waals surface area contributed by atoms with Gasteiger partial charge in [-0.1, -0.05) is 54.2 Å². The Balaban J connectivity index is 1.58. The van der Waals surface area contributed by atoms with Crippen LogP contribution in [0.15, 0.2) is 47.6 Å². The molecule has 1 aromatic heterocycles. The Kier molecular flexibility index (Phi) is 7.66. The van der Waals surface area contributed by atoms with E-state index in [-0.39, 0.29) is 17.6 Å². The maximum atomic E-state index is 12.4. The minimum atomic E-state index is -0.890. The monoisotopic (exact) mass is 453 g/mol. The van der Waals surface area contributed by atoms with Crippen molar-refractivity contribution in [1.29, 1.82) is 0 Å². The zero-order valence-electron chi connectivity index (χ0n) is 18.5. The molecule has 0 spiro atoms. The average molecular weight is 454 g/mol. The molecule has 2 amide bonds. The SMILES string of the molecule is CC(=O)Nc1c(C)ccc(CNC(=O)CSc2nnc([C@@H](O)c3ccccc3)n2C)c1C. The molecular formula is C23H27N5O3S. The maximum absolute atomic E-state index is 12.4. The van der Waals surface area contributed by atoms with Crippen molar-refractivity contribution in [3.05, 3.63) is 70.5 Å². The second-order valence-electron chi connectivity index (χ2n) is 7.50. The van der Waals surface area contributed by atoms with Crippen LogP contribution < -0.4 is 10.6 Å². The Morgan fingerprint density at radius 1 is 1.12 bits per heavy atom. The highest BCUT2D eigenvalue weighted by Crippen LogP contribution is 2.25. The van der Waals surface area contributed by atoms with Crippen LogP contribution in [0, 0.1) is 13.8 Å². The summed E-state index contributed by atoms with van der Waals surface area (Å²) >= 11 is 1.25. The number of nitrogens with zero attached hydrogens (tertiary/aromatic N) is 3. The Morgan fingerprint density at radius 3 is 2.53 bits per heavy atom. The quantitative estimate of drug-likeness (QED) is 0.453. The van der Waals surface area contributed by atoms with E-state index in [1.165, 1.54) is 18.7 Å². The summed E-state index contributed by atoms with van der Waals surface area (Å²) in [6, 6.07) is 13.1. The lowest BCUT2D eigenvalue weighted by atomic mass is 10.0. The van der Waals surface area contributed by atoms with Gasteiger partial charge in [-0.15, -0.1) is 10.2 Å². The number of aryl methyl sites for hydroxylation is 1. The molecule has 32 heavy (non-hydrogen) atoms. The van der Waals surface area contributed by atoms with Gasteiger partial charge in [0, 0.05) is 26.2 Å². The fourth-order valence-electron chi connectivity index (χ4n) is 3.30. The number of nitrogens with one attached hydrogen (secondary N) is 2. The van der Waals surface area contributed by atoms with Crippen LogP contribution in [0.4, 0.5) is 5.69 Å². The first-order valence-corrected chi connectivity index (χ1v) is 11.1. The summed E-state index contributed by atoms with van der Waals surface area (Å²) in [4.78, 5) is 23.9. The van der Waals surface area contributed by atoms with Gasteiger partial charge in [0.05, 0.1) is 5.75 Å². The number of aromatic nitrogens is 3. The number of carbonyl (C=O) groups excluding carboxylic acids is 2. The number of aliphatic hydroxyl groups excluding tert-OH is 1. The largest absolute Gasteiger partial charge is 0.380 e. The number of aliphatic hydroxyl groups is 1. The summed E-state index contributed by atoms with van der Waals surface area (Å²) < 4.78 is 1.69. The minimum Gasteiger partial charge on any atom is -0.380 e. The molecule has 1 heterocycles. The van der Waals surface area contributed by atoms with Crippen molar-refractivity contribution < 1.29 is 14.7 Å². The van der Waals surface area contributed by atoms with Gasteiger partial charge < -0.3 is 20.3 Å². The molecule has 0 fully saturated rings. The van der Waals surface area contributed by atoms with Crippen LogP contribution in [0.5, 0.6) is 0 Å². The molecular weight excluding hydrogens is 426 g/mol. The standard InChI is InChI=1S/C23H27N5O3S/c1-14-10-11-18(15(2)20(14)25-16(3)29)12-24-19(30)13-32-23-27-26-22(28(23)4)21(31)17-8-6-5-7-9-17/h5-11,21,31H,12-13H2,1-4H3,(H,24,30)(H,25,29)/t21-/m0/s1. The second kappa shape index (κ2) is 10.4. The van der Waals surface area contributed by atoms with Gasteiger partial charge in [0.2, 0.25) is 11.8 Å². The molecule has 0 bridgehead atoms. The number of benzene rings is 2. The first-order chi connectivity index (χ1) is 15.3. The van der Waals surface area contributed by atoms with Crippen molar-refractivity contribution >= 4 is 29.3 Å². The van der Waals surface area contributed by atoms with Crippen molar-refractivity contribution in [2.24, 2.45) is 7.05 Å². The average Bonchev–Trinajstić information content (AvgIpc) is 3.14. The molecule has 1 atom stereocenters. The lowest BCUT2D eigenvalue weighted by molar-refractivity contribution is -0.118. The van der Waals surface area contributed by atoms with E-state index in [0.29, 0.717) is 17.5 Å². The molecule has 8 nitrogen and oxygen atoms in total. The molecule has 3 aromatic rings. The van der Waals surface area contributed by atoms with Gasteiger partial charge in [-0.05, 0) is 36.1 Å². The van der Waals surface area contributed by atoms with Gasteiger partial charge in [0.25, 0.3) is 0 Å². The highest BCUT2D eigenvalue weighted by Gasteiger charge is 2.19. The molecule has 0 radical (unpaired) electrons. The fraction of sp³-hybridized carbons (Fsp3) is 0.304. The molecule has 0 saturated carbocycles. The molecule has 0 unspecified atom stereocenters. The number of carbonyl (C=O) groups is 2. The zero-order valence-corrected chi connectivity index (χ0v) is 19.4. The van der Waals surface area contributed by atoms with Crippen LogP contribution in [0.1, 0.15) is 41.1 Å². The fourth-order valence-corrected chi connectivity index (χ4v) is 4.05. The summed E-state index contributed by atoms with van der Waals surface area (Å²) in [5, 5.41) is 25.1. The highest BCUT2D eigenvalue weighted by atomic mass is 32.2. The van der Waals surface area contributed by atoms with Crippen LogP contribution in [-0.2, 0) is 23.2 Å². The Labute approximate surface area is 191 Å². The molecule has 9 heteroatoms. The van der Waals surface area contributed by atoms with E-state index in [9.17, 15) is 14.7 Å². The zero-order chi connectivity index (χ0) is 23.3. The van der Waals surface area contributed by atoms with Gasteiger partial charge in [-0.3, -0.25) is 9.59 Å². The van der Waals surface area contributed by atoms with Crippen LogP contribution >= 0.6 is 11.8 Å². The Bertz CT molecular complexity index is 1110. The Morgan fingerprint density at radius 2 is 1.84 bits per heavy atom. The molecule has 3 N–H and O–H groups in total. The maximum Gasteiger partial charge on any atom is 0.230 e. The van der Waals surface area contributed by atoms with Crippen molar-refractivity contribution in [3.8, 4) is 0 Å². The van der Waals surface area contributed by atoms with E-state index >= 15 is 0 Å². The van der Waals surface area contributed by atoms with Gasteiger partial charge in [-0.25, -0.2) is 0 Å². The normalized spacial score (nSPS) is 11.8. The molecule has 0 aliphatic rings. The smallest absolute Gasteiger partial charge is 0.230 e. The third-order valence-corrected chi connectivity index (χ3v) is 6.14. The minimum absolute atomic E-state index is 0.130. The van der Waals surface area contributed by atoms with Gasteiger partial charge in [-0.2, -0.15) is 0 Å². The summed E-state index contributed by atoms with van der Waals surface area (Å²) in [6.07, 6.45) is -0.890. The lowest BCUT2D eigenvalue weighted by Gasteiger charge is -2.15. The lowest BCUT2D eigenvalue weighted by Crippen LogP contribution is -2.25. The topological polar surface area (TPSA) is 109 Å². The van der Waals surface area contributed by atoms with E-state index in [1.807, 2.05) is 56.3 Å². The van der Waals surface area contributed by atoms with Gasteiger partial charge in [0.1, 0.15) is 6.10 Å². The number of amides is 2. The molecule has 0 saturated heterocycles.